The monoisotopic (exact) mass is 272 g/mol. The lowest BCUT2D eigenvalue weighted by Crippen LogP contribution is -2.35. The van der Waals surface area contributed by atoms with E-state index in [1.54, 1.807) is 11.3 Å². The molecule has 0 spiro atoms. The lowest BCUT2D eigenvalue weighted by molar-refractivity contribution is -0.118. The molecule has 0 bridgehead atoms. The molecule has 5 heteroatoms. The zero-order valence-corrected chi connectivity index (χ0v) is 11.4. The highest BCUT2D eigenvalue weighted by Crippen LogP contribution is 2.37. The van der Waals surface area contributed by atoms with Gasteiger partial charge in [0.15, 0.2) is 0 Å². The summed E-state index contributed by atoms with van der Waals surface area (Å²) in [5.41, 5.74) is 6.51. The van der Waals surface area contributed by atoms with Crippen molar-refractivity contribution < 1.29 is 4.79 Å². The minimum absolute atomic E-state index is 0.113. The fourth-order valence-corrected chi connectivity index (χ4v) is 3.78. The van der Waals surface area contributed by atoms with Gasteiger partial charge >= 0.3 is 0 Å². The van der Waals surface area contributed by atoms with E-state index in [2.05, 4.69) is 11.4 Å². The van der Waals surface area contributed by atoms with E-state index < -0.39 is 0 Å². The molecule has 0 saturated heterocycles. The van der Waals surface area contributed by atoms with Gasteiger partial charge < -0.3 is 11.1 Å². The summed E-state index contributed by atoms with van der Waals surface area (Å²) < 4.78 is 0.853. The summed E-state index contributed by atoms with van der Waals surface area (Å²) in [6, 6.07) is 2.48. The molecule has 0 fully saturated rings. The first-order chi connectivity index (χ1) is 8.06. The molecule has 3 nitrogen and oxygen atoms in total. The molecule has 2 atom stereocenters. The summed E-state index contributed by atoms with van der Waals surface area (Å²) >= 11 is 7.72. The largest absolute Gasteiger partial charge is 0.370 e. The Labute approximate surface area is 110 Å². The molecule has 0 aliphatic heterocycles. The van der Waals surface area contributed by atoms with E-state index in [0.717, 1.165) is 17.2 Å². The number of fused-ring (bicyclic) bond motifs is 1. The van der Waals surface area contributed by atoms with Gasteiger partial charge in [-0.3, -0.25) is 4.79 Å². The van der Waals surface area contributed by atoms with Crippen LogP contribution >= 0.6 is 22.9 Å². The van der Waals surface area contributed by atoms with Crippen LogP contribution in [0.1, 0.15) is 42.7 Å². The Bertz CT molecular complexity index is 419. The summed E-state index contributed by atoms with van der Waals surface area (Å²) in [7, 11) is 0. The van der Waals surface area contributed by atoms with Gasteiger partial charge in [0.2, 0.25) is 5.91 Å². The fraction of sp³-hybridized carbons (Fsp3) is 0.583. The second kappa shape index (κ2) is 5.38. The Morgan fingerprint density at radius 3 is 3.24 bits per heavy atom. The van der Waals surface area contributed by atoms with Crippen molar-refractivity contribution >= 4 is 28.8 Å². The Hall–Kier alpha value is -0.580. The lowest BCUT2D eigenvalue weighted by Gasteiger charge is -2.26. The minimum Gasteiger partial charge on any atom is -0.370 e. The number of halogens is 1. The summed E-state index contributed by atoms with van der Waals surface area (Å²) in [4.78, 5) is 12.2. The van der Waals surface area contributed by atoms with Crippen molar-refractivity contribution in [3.63, 3.8) is 0 Å². The van der Waals surface area contributed by atoms with Gasteiger partial charge in [-0.15, -0.1) is 11.3 Å². The Balaban J connectivity index is 2.05. The normalized spacial score (nSPS) is 20.9. The van der Waals surface area contributed by atoms with Crippen LogP contribution in [0.15, 0.2) is 6.07 Å². The fourth-order valence-electron chi connectivity index (χ4n) is 2.40. The topological polar surface area (TPSA) is 55.1 Å². The minimum atomic E-state index is -0.260. The van der Waals surface area contributed by atoms with E-state index in [1.165, 1.54) is 16.9 Å². The number of nitrogens with two attached hydrogens (primary N) is 1. The van der Waals surface area contributed by atoms with Crippen LogP contribution in [0.3, 0.4) is 0 Å². The van der Waals surface area contributed by atoms with Crippen LogP contribution in [0.2, 0.25) is 4.34 Å². The Morgan fingerprint density at radius 2 is 2.53 bits per heavy atom. The molecule has 1 heterocycles. The van der Waals surface area contributed by atoms with E-state index in [1.807, 2.05) is 6.92 Å². The number of thiophene rings is 1. The van der Waals surface area contributed by atoms with E-state index >= 15 is 0 Å². The molecular weight excluding hydrogens is 256 g/mol. The summed E-state index contributed by atoms with van der Waals surface area (Å²) in [6.45, 7) is 1.99. The van der Waals surface area contributed by atoms with E-state index in [9.17, 15) is 4.79 Å². The quantitative estimate of drug-likeness (QED) is 0.885. The predicted molar refractivity (Wildman–Crippen MR) is 71.4 cm³/mol. The first-order valence-corrected chi connectivity index (χ1v) is 7.08. The molecule has 1 aromatic rings. The smallest absolute Gasteiger partial charge is 0.218 e. The number of carbonyl (C=O) groups is 1. The summed E-state index contributed by atoms with van der Waals surface area (Å²) in [6.07, 6.45) is 3.77. The number of amides is 1. The standard InChI is InChI=1S/C12H17ClN2OS/c1-7(5-12(14)16)15-9-3-2-4-10-8(9)6-11(13)17-10/h6-7,9,15H,2-5H2,1H3,(H2,14,16). The molecule has 17 heavy (non-hydrogen) atoms. The van der Waals surface area contributed by atoms with Crippen LogP contribution < -0.4 is 11.1 Å². The predicted octanol–water partition coefficient (Wildman–Crippen LogP) is 2.63. The average Bonchev–Trinajstić information content (AvgIpc) is 2.58. The number of primary amides is 1. The lowest BCUT2D eigenvalue weighted by atomic mass is 9.93. The Kier molecular flexibility index (Phi) is 4.07. The molecule has 0 aromatic carbocycles. The number of hydrogen-bond donors (Lipinski definition) is 2. The van der Waals surface area contributed by atoms with E-state index in [-0.39, 0.29) is 11.9 Å². The maximum absolute atomic E-state index is 10.9. The van der Waals surface area contributed by atoms with Crippen LogP contribution in [0.5, 0.6) is 0 Å². The molecule has 1 amide bonds. The van der Waals surface area contributed by atoms with E-state index in [4.69, 9.17) is 17.3 Å². The van der Waals surface area contributed by atoms with Gasteiger partial charge in [-0.05, 0) is 37.8 Å². The molecule has 0 saturated carbocycles. The van der Waals surface area contributed by atoms with Gasteiger partial charge in [-0.25, -0.2) is 0 Å². The van der Waals surface area contributed by atoms with Gasteiger partial charge in [0, 0.05) is 23.4 Å². The van der Waals surface area contributed by atoms with Gasteiger partial charge in [-0.1, -0.05) is 11.6 Å². The van der Waals surface area contributed by atoms with Gasteiger partial charge in [0.25, 0.3) is 0 Å². The third-order valence-electron chi connectivity index (χ3n) is 3.08. The molecule has 1 aromatic heterocycles. The average molecular weight is 273 g/mol. The summed E-state index contributed by atoms with van der Waals surface area (Å²) in [5, 5.41) is 3.47. The van der Waals surface area contributed by atoms with Crippen LogP contribution in [0.4, 0.5) is 0 Å². The number of hydrogen-bond acceptors (Lipinski definition) is 3. The van der Waals surface area contributed by atoms with Crippen molar-refractivity contribution in [3.05, 3.63) is 20.8 Å². The second-order valence-corrected chi connectivity index (χ2v) is 6.38. The van der Waals surface area contributed by atoms with Crippen molar-refractivity contribution in [2.45, 2.75) is 44.7 Å². The SMILES string of the molecule is CC(CC(N)=O)NC1CCCc2sc(Cl)cc21. The highest BCUT2D eigenvalue weighted by atomic mass is 35.5. The van der Waals surface area contributed by atoms with Crippen molar-refractivity contribution in [2.75, 3.05) is 0 Å². The number of rotatable bonds is 4. The molecule has 1 aliphatic rings. The molecule has 0 radical (unpaired) electrons. The molecule has 3 N–H and O–H groups in total. The van der Waals surface area contributed by atoms with E-state index in [0.29, 0.717) is 12.5 Å². The second-order valence-electron chi connectivity index (χ2n) is 4.61. The van der Waals surface area contributed by atoms with Crippen LogP contribution in [-0.2, 0) is 11.2 Å². The summed E-state index contributed by atoms with van der Waals surface area (Å²) in [5.74, 6) is -0.260. The van der Waals surface area contributed by atoms with Crippen LogP contribution in [0, 0.1) is 0 Å². The molecule has 2 rings (SSSR count). The van der Waals surface area contributed by atoms with Crippen LogP contribution in [0.25, 0.3) is 0 Å². The third-order valence-corrected chi connectivity index (χ3v) is 4.42. The maximum Gasteiger partial charge on any atom is 0.218 e. The van der Waals surface area contributed by atoms with Crippen molar-refractivity contribution in [3.8, 4) is 0 Å². The Morgan fingerprint density at radius 1 is 1.76 bits per heavy atom. The maximum atomic E-state index is 10.9. The zero-order chi connectivity index (χ0) is 12.4. The molecule has 1 aliphatic carbocycles. The van der Waals surface area contributed by atoms with Crippen molar-refractivity contribution in [2.24, 2.45) is 5.73 Å². The zero-order valence-electron chi connectivity index (χ0n) is 9.83. The number of aryl methyl sites for hydroxylation is 1. The van der Waals surface area contributed by atoms with Gasteiger partial charge in [0.1, 0.15) is 0 Å². The van der Waals surface area contributed by atoms with Crippen molar-refractivity contribution in [1.29, 1.82) is 0 Å². The third kappa shape index (κ3) is 3.21. The first-order valence-electron chi connectivity index (χ1n) is 5.88. The number of nitrogens with one attached hydrogen (secondary N) is 1. The highest BCUT2D eigenvalue weighted by molar-refractivity contribution is 7.16. The van der Waals surface area contributed by atoms with Gasteiger partial charge in [-0.2, -0.15) is 0 Å². The van der Waals surface area contributed by atoms with Crippen molar-refractivity contribution in [1.82, 2.24) is 5.32 Å². The highest BCUT2D eigenvalue weighted by Gasteiger charge is 2.24. The molecular formula is C12H17ClN2OS. The van der Waals surface area contributed by atoms with Crippen LogP contribution in [-0.4, -0.2) is 11.9 Å². The number of carbonyl (C=O) groups excluding carboxylic acids is 1. The molecule has 94 valence electrons. The first kappa shape index (κ1) is 12.9. The molecule has 2 unspecified atom stereocenters. The van der Waals surface area contributed by atoms with Gasteiger partial charge in [0.05, 0.1) is 4.34 Å².